The second kappa shape index (κ2) is 5.11. The summed E-state index contributed by atoms with van der Waals surface area (Å²) in [7, 11) is 0. The van der Waals surface area contributed by atoms with E-state index in [1.807, 2.05) is 13.8 Å². The first-order valence-electron chi connectivity index (χ1n) is 7.45. The third-order valence-electron chi connectivity index (χ3n) is 4.47. The standard InChI is InChI=1S/C18H17F2NO2/c1-9-8-11(14(19)15(20)16(9)22)12-5-4-10-13(21-12)6-7-18(2,3)17(10)23/h4-5,8,22H,6-7H2,1-3H3. The molecule has 3 rings (SSSR count). The van der Waals surface area contributed by atoms with Crippen LogP contribution in [0.4, 0.5) is 8.78 Å². The zero-order chi connectivity index (χ0) is 16.9. The Morgan fingerprint density at radius 1 is 1.17 bits per heavy atom. The zero-order valence-corrected chi connectivity index (χ0v) is 13.2. The fraction of sp³-hybridized carbons (Fsp3) is 0.333. The largest absolute Gasteiger partial charge is 0.505 e. The monoisotopic (exact) mass is 317 g/mol. The van der Waals surface area contributed by atoms with E-state index in [-0.39, 0.29) is 22.6 Å². The van der Waals surface area contributed by atoms with Crippen LogP contribution in [0.1, 0.15) is 41.9 Å². The van der Waals surface area contributed by atoms with Gasteiger partial charge in [0.05, 0.1) is 11.4 Å². The van der Waals surface area contributed by atoms with Gasteiger partial charge in [-0.2, -0.15) is 4.39 Å². The van der Waals surface area contributed by atoms with Crippen molar-refractivity contribution in [2.24, 2.45) is 5.41 Å². The molecule has 3 nitrogen and oxygen atoms in total. The van der Waals surface area contributed by atoms with Gasteiger partial charge in [0.2, 0.25) is 5.82 Å². The summed E-state index contributed by atoms with van der Waals surface area (Å²) in [5.41, 5.74) is 1.20. The van der Waals surface area contributed by atoms with Crippen LogP contribution in [0.15, 0.2) is 18.2 Å². The van der Waals surface area contributed by atoms with Crippen molar-refractivity contribution in [2.75, 3.05) is 0 Å². The van der Waals surface area contributed by atoms with E-state index in [1.165, 1.54) is 19.1 Å². The highest BCUT2D eigenvalue weighted by Gasteiger charge is 2.35. The molecule has 0 saturated heterocycles. The molecule has 23 heavy (non-hydrogen) atoms. The normalized spacial score (nSPS) is 16.3. The number of Topliss-reactive ketones (excluding diaryl/α,β-unsaturated/α-hetero) is 1. The number of fused-ring (bicyclic) bond motifs is 1. The third kappa shape index (κ3) is 2.40. The number of hydrogen-bond donors (Lipinski definition) is 1. The second-order valence-corrected chi connectivity index (χ2v) is 6.62. The zero-order valence-electron chi connectivity index (χ0n) is 13.2. The summed E-state index contributed by atoms with van der Waals surface area (Å²) in [6.07, 6.45) is 1.28. The molecule has 0 atom stereocenters. The van der Waals surface area contributed by atoms with Gasteiger partial charge in [0.25, 0.3) is 0 Å². The number of aromatic nitrogens is 1. The molecule has 1 aromatic carbocycles. The Bertz CT molecular complexity index is 828. The van der Waals surface area contributed by atoms with Gasteiger partial charge in [-0.1, -0.05) is 13.8 Å². The van der Waals surface area contributed by atoms with Crippen molar-refractivity contribution in [1.29, 1.82) is 0 Å². The Labute approximate surface area is 133 Å². The quantitative estimate of drug-likeness (QED) is 0.858. The number of aryl methyl sites for hydroxylation is 2. The van der Waals surface area contributed by atoms with Gasteiger partial charge in [0, 0.05) is 16.5 Å². The van der Waals surface area contributed by atoms with Crippen LogP contribution in [0.3, 0.4) is 0 Å². The smallest absolute Gasteiger partial charge is 0.201 e. The van der Waals surface area contributed by atoms with Gasteiger partial charge in [0.1, 0.15) is 0 Å². The van der Waals surface area contributed by atoms with Crippen LogP contribution >= 0.6 is 0 Å². The minimum atomic E-state index is -1.28. The molecule has 0 aliphatic heterocycles. The van der Waals surface area contributed by atoms with E-state index in [4.69, 9.17) is 0 Å². The van der Waals surface area contributed by atoms with E-state index in [1.54, 1.807) is 6.07 Å². The molecule has 0 bridgehead atoms. The number of aromatic hydroxyl groups is 1. The van der Waals surface area contributed by atoms with Crippen LogP contribution in [-0.4, -0.2) is 15.9 Å². The Morgan fingerprint density at radius 2 is 1.87 bits per heavy atom. The van der Waals surface area contributed by atoms with E-state index < -0.39 is 22.8 Å². The van der Waals surface area contributed by atoms with Crippen LogP contribution < -0.4 is 0 Å². The van der Waals surface area contributed by atoms with Crippen molar-refractivity contribution in [3.8, 4) is 17.0 Å². The highest BCUT2D eigenvalue weighted by Crippen LogP contribution is 2.36. The van der Waals surface area contributed by atoms with Crippen molar-refractivity contribution in [1.82, 2.24) is 4.98 Å². The molecule has 1 heterocycles. The average molecular weight is 317 g/mol. The molecule has 0 unspecified atom stereocenters. The van der Waals surface area contributed by atoms with Gasteiger partial charge in [0.15, 0.2) is 17.3 Å². The molecule has 1 aliphatic rings. The lowest BCUT2D eigenvalue weighted by Gasteiger charge is -2.29. The van der Waals surface area contributed by atoms with Gasteiger partial charge in [-0.25, -0.2) is 4.39 Å². The van der Waals surface area contributed by atoms with Crippen LogP contribution in [-0.2, 0) is 6.42 Å². The molecule has 0 fully saturated rings. The molecule has 5 heteroatoms. The summed E-state index contributed by atoms with van der Waals surface area (Å²) in [4.78, 5) is 16.8. The molecular formula is C18H17F2NO2. The molecule has 1 N–H and O–H groups in total. The number of carbonyl (C=O) groups is 1. The van der Waals surface area contributed by atoms with Crippen molar-refractivity contribution in [2.45, 2.75) is 33.6 Å². The fourth-order valence-corrected chi connectivity index (χ4v) is 2.89. The first-order chi connectivity index (χ1) is 10.7. The molecule has 2 aromatic rings. The molecule has 0 saturated carbocycles. The molecule has 0 amide bonds. The number of rotatable bonds is 1. The van der Waals surface area contributed by atoms with Crippen LogP contribution in [0.2, 0.25) is 0 Å². The molecule has 0 spiro atoms. The van der Waals surface area contributed by atoms with Gasteiger partial charge < -0.3 is 5.11 Å². The van der Waals surface area contributed by atoms with Gasteiger partial charge >= 0.3 is 0 Å². The second-order valence-electron chi connectivity index (χ2n) is 6.62. The van der Waals surface area contributed by atoms with Crippen LogP contribution in [0.25, 0.3) is 11.3 Å². The van der Waals surface area contributed by atoms with Crippen LogP contribution in [0.5, 0.6) is 5.75 Å². The van der Waals surface area contributed by atoms with Crippen molar-refractivity contribution in [3.05, 3.63) is 46.7 Å². The van der Waals surface area contributed by atoms with Crippen molar-refractivity contribution in [3.63, 3.8) is 0 Å². The van der Waals surface area contributed by atoms with Crippen molar-refractivity contribution >= 4 is 5.78 Å². The number of nitrogens with zero attached hydrogens (tertiary/aromatic N) is 1. The lowest BCUT2D eigenvalue weighted by Crippen LogP contribution is -2.31. The summed E-state index contributed by atoms with van der Waals surface area (Å²) < 4.78 is 27.9. The predicted molar refractivity (Wildman–Crippen MR) is 82.4 cm³/mol. The summed E-state index contributed by atoms with van der Waals surface area (Å²) in [5.74, 6) is -3.09. The molecule has 1 aliphatic carbocycles. The van der Waals surface area contributed by atoms with E-state index in [0.29, 0.717) is 24.1 Å². The number of carbonyl (C=O) groups excluding carboxylic acids is 1. The van der Waals surface area contributed by atoms with Gasteiger partial charge in [-0.15, -0.1) is 0 Å². The molecular weight excluding hydrogens is 300 g/mol. The number of ketones is 1. The summed E-state index contributed by atoms with van der Waals surface area (Å²) >= 11 is 0. The maximum Gasteiger partial charge on any atom is 0.201 e. The third-order valence-corrected chi connectivity index (χ3v) is 4.47. The minimum Gasteiger partial charge on any atom is -0.505 e. The fourth-order valence-electron chi connectivity index (χ4n) is 2.89. The highest BCUT2D eigenvalue weighted by molar-refractivity contribution is 6.02. The number of hydrogen-bond acceptors (Lipinski definition) is 3. The number of halogens is 2. The van der Waals surface area contributed by atoms with Gasteiger partial charge in [-0.3, -0.25) is 9.78 Å². The van der Waals surface area contributed by atoms with E-state index in [2.05, 4.69) is 4.98 Å². The minimum absolute atomic E-state index is 0.0158. The maximum absolute atomic E-state index is 14.1. The highest BCUT2D eigenvalue weighted by atomic mass is 19.2. The topological polar surface area (TPSA) is 50.2 Å². The number of phenolic OH excluding ortho intramolecular Hbond substituents is 1. The number of pyridine rings is 1. The Hall–Kier alpha value is -2.30. The Balaban J connectivity index is 2.13. The first kappa shape index (κ1) is 15.6. The summed E-state index contributed by atoms with van der Waals surface area (Å²) in [6.45, 7) is 5.28. The van der Waals surface area contributed by atoms with Gasteiger partial charge in [-0.05, 0) is 43.5 Å². The lowest BCUT2D eigenvalue weighted by atomic mass is 9.75. The first-order valence-corrected chi connectivity index (χ1v) is 7.45. The Morgan fingerprint density at radius 3 is 2.57 bits per heavy atom. The number of phenols is 1. The molecule has 0 radical (unpaired) electrons. The summed E-state index contributed by atoms with van der Waals surface area (Å²) in [6, 6.07) is 4.50. The summed E-state index contributed by atoms with van der Waals surface area (Å²) in [5, 5.41) is 9.46. The van der Waals surface area contributed by atoms with E-state index in [9.17, 15) is 18.7 Å². The van der Waals surface area contributed by atoms with E-state index in [0.717, 1.165) is 0 Å². The van der Waals surface area contributed by atoms with E-state index >= 15 is 0 Å². The average Bonchev–Trinajstić information content (AvgIpc) is 2.52. The maximum atomic E-state index is 14.1. The molecule has 1 aromatic heterocycles. The molecule has 120 valence electrons. The lowest BCUT2D eigenvalue weighted by molar-refractivity contribution is 0.0809. The Kier molecular flexibility index (Phi) is 3.47. The predicted octanol–water partition coefficient (Wildman–Crippen LogP) is 4.20. The number of benzene rings is 1. The van der Waals surface area contributed by atoms with Crippen molar-refractivity contribution < 1.29 is 18.7 Å². The SMILES string of the molecule is Cc1cc(-c2ccc3c(n2)CCC(C)(C)C3=O)c(F)c(F)c1O. The van der Waals surface area contributed by atoms with Crippen LogP contribution in [0, 0.1) is 24.0 Å².